The second-order valence-electron chi connectivity index (χ2n) is 4.31. The minimum absolute atomic E-state index is 0.108. The first-order chi connectivity index (χ1) is 9.85. The summed E-state index contributed by atoms with van der Waals surface area (Å²) in [4.78, 5) is 35.5. The van der Waals surface area contributed by atoms with Crippen LogP contribution in [0.5, 0.6) is 5.75 Å². The zero-order valence-electron chi connectivity index (χ0n) is 12.0. The van der Waals surface area contributed by atoms with Crippen LogP contribution in [0.1, 0.15) is 10.4 Å². The first kappa shape index (κ1) is 16.3. The lowest BCUT2D eigenvalue weighted by molar-refractivity contribution is -0.127. The third-order valence-corrected chi connectivity index (χ3v) is 2.60. The number of benzene rings is 1. The van der Waals surface area contributed by atoms with Crippen molar-refractivity contribution in [2.24, 2.45) is 0 Å². The second kappa shape index (κ2) is 7.13. The number of likely N-dealkylation sites (N-methyl/N-ethyl adjacent to an activating group) is 1. The first-order valence-electron chi connectivity index (χ1n) is 6.01. The Labute approximate surface area is 121 Å². The summed E-state index contributed by atoms with van der Waals surface area (Å²) >= 11 is 0. The van der Waals surface area contributed by atoms with Crippen molar-refractivity contribution >= 4 is 23.6 Å². The average Bonchev–Trinajstić information content (AvgIpc) is 2.44. The number of amides is 3. The molecule has 1 aromatic rings. The van der Waals surface area contributed by atoms with E-state index in [1.54, 1.807) is 14.1 Å². The van der Waals surface area contributed by atoms with Crippen LogP contribution in [0.2, 0.25) is 0 Å². The number of hydrogen-bond acceptors (Lipinski definition) is 4. The van der Waals surface area contributed by atoms with Crippen LogP contribution in [-0.2, 0) is 4.79 Å². The van der Waals surface area contributed by atoms with Gasteiger partial charge in [0.15, 0.2) is 0 Å². The first-order valence-corrected chi connectivity index (χ1v) is 6.01. The van der Waals surface area contributed by atoms with Crippen LogP contribution in [0.25, 0.3) is 0 Å². The molecule has 0 saturated heterocycles. The molecule has 114 valence electrons. The van der Waals surface area contributed by atoms with Gasteiger partial charge in [-0.15, -0.1) is 0 Å². The quantitative estimate of drug-likeness (QED) is 0.737. The molecule has 0 aliphatic rings. The molecule has 0 bridgehead atoms. The normalized spacial score (nSPS) is 9.67. The molecule has 1 rings (SSSR count). The van der Waals surface area contributed by atoms with Crippen molar-refractivity contribution in [3.05, 3.63) is 23.8 Å². The summed E-state index contributed by atoms with van der Waals surface area (Å²) in [6, 6.07) is 3.56. The number of nitrogens with zero attached hydrogens (tertiary/aromatic N) is 1. The van der Waals surface area contributed by atoms with Gasteiger partial charge in [0.05, 0.1) is 24.9 Å². The van der Waals surface area contributed by atoms with E-state index in [4.69, 9.17) is 9.84 Å². The number of methoxy groups -OCH3 is 1. The number of nitrogens with one attached hydrogen (secondary N) is 2. The number of carboxylic acids is 1. The molecule has 3 N–H and O–H groups in total. The molecule has 0 atom stereocenters. The topological polar surface area (TPSA) is 108 Å². The molecule has 0 aliphatic heterocycles. The summed E-state index contributed by atoms with van der Waals surface area (Å²) < 4.78 is 4.93. The lowest BCUT2D eigenvalue weighted by Crippen LogP contribution is -2.38. The zero-order valence-corrected chi connectivity index (χ0v) is 12.0. The van der Waals surface area contributed by atoms with Gasteiger partial charge in [0.1, 0.15) is 5.75 Å². The van der Waals surface area contributed by atoms with Gasteiger partial charge >= 0.3 is 12.0 Å². The Hall–Kier alpha value is -2.77. The molecular formula is C13H17N3O5. The van der Waals surface area contributed by atoms with E-state index in [2.05, 4.69) is 10.6 Å². The fourth-order valence-corrected chi connectivity index (χ4v) is 1.42. The predicted octanol–water partition coefficient (Wildman–Crippen LogP) is 0.603. The van der Waals surface area contributed by atoms with E-state index in [-0.39, 0.29) is 23.7 Å². The molecule has 3 amide bonds. The number of urea groups is 1. The molecule has 0 aliphatic carbocycles. The van der Waals surface area contributed by atoms with Crippen LogP contribution >= 0.6 is 0 Å². The van der Waals surface area contributed by atoms with Crippen molar-refractivity contribution < 1.29 is 24.2 Å². The van der Waals surface area contributed by atoms with E-state index in [1.165, 1.54) is 30.2 Å². The van der Waals surface area contributed by atoms with Crippen molar-refractivity contribution in [3.8, 4) is 5.75 Å². The van der Waals surface area contributed by atoms with E-state index >= 15 is 0 Å². The lowest BCUT2D eigenvalue weighted by atomic mass is 10.1. The van der Waals surface area contributed by atoms with Gasteiger partial charge in [-0.3, -0.25) is 4.79 Å². The Balaban J connectivity index is 2.76. The third-order valence-electron chi connectivity index (χ3n) is 2.60. The maximum Gasteiger partial charge on any atom is 0.337 e. The van der Waals surface area contributed by atoms with Gasteiger partial charge < -0.3 is 25.4 Å². The number of carbonyl (C=O) groups excluding carboxylic acids is 2. The molecule has 21 heavy (non-hydrogen) atoms. The van der Waals surface area contributed by atoms with Crippen molar-refractivity contribution in [3.63, 3.8) is 0 Å². The summed E-state index contributed by atoms with van der Waals surface area (Å²) in [5.74, 6) is -1.12. The van der Waals surface area contributed by atoms with E-state index in [9.17, 15) is 14.4 Å². The van der Waals surface area contributed by atoms with Gasteiger partial charge in [-0.2, -0.15) is 0 Å². The molecule has 0 fully saturated rings. The van der Waals surface area contributed by atoms with Crippen molar-refractivity contribution in [2.45, 2.75) is 0 Å². The molecule has 0 spiro atoms. The average molecular weight is 295 g/mol. The van der Waals surface area contributed by atoms with Crippen molar-refractivity contribution in [2.75, 3.05) is 33.1 Å². The van der Waals surface area contributed by atoms with Gasteiger partial charge in [-0.05, 0) is 18.2 Å². The lowest BCUT2D eigenvalue weighted by Gasteiger charge is -2.13. The van der Waals surface area contributed by atoms with Crippen LogP contribution in [0.4, 0.5) is 10.5 Å². The van der Waals surface area contributed by atoms with Crippen molar-refractivity contribution in [1.29, 1.82) is 0 Å². The van der Waals surface area contributed by atoms with Gasteiger partial charge in [0, 0.05) is 14.1 Å². The third kappa shape index (κ3) is 4.68. The molecule has 0 saturated carbocycles. The number of carbonyl (C=O) groups is 3. The second-order valence-corrected chi connectivity index (χ2v) is 4.31. The predicted molar refractivity (Wildman–Crippen MR) is 75.7 cm³/mol. The molecule has 1 aromatic carbocycles. The molecule has 0 heterocycles. The SMILES string of the molecule is COc1ccc(NC(=O)NCC(=O)N(C)C)c(C(=O)O)c1. The van der Waals surface area contributed by atoms with Crippen molar-refractivity contribution in [1.82, 2.24) is 10.2 Å². The molecule has 8 nitrogen and oxygen atoms in total. The van der Waals surface area contributed by atoms with Gasteiger partial charge in [0.2, 0.25) is 5.91 Å². The van der Waals surface area contributed by atoms with Gasteiger partial charge in [0.25, 0.3) is 0 Å². The van der Waals surface area contributed by atoms with Crippen LogP contribution in [-0.4, -0.2) is 55.7 Å². The summed E-state index contributed by atoms with van der Waals surface area (Å²) in [5.41, 5.74) is 0.00142. The summed E-state index contributed by atoms with van der Waals surface area (Å²) in [6.07, 6.45) is 0. The van der Waals surface area contributed by atoms with E-state index in [1.807, 2.05) is 0 Å². The van der Waals surface area contributed by atoms with Crippen LogP contribution in [0.3, 0.4) is 0 Å². The fourth-order valence-electron chi connectivity index (χ4n) is 1.42. The highest BCUT2D eigenvalue weighted by molar-refractivity contribution is 6.01. The molecule has 0 unspecified atom stereocenters. The largest absolute Gasteiger partial charge is 0.497 e. The number of rotatable bonds is 5. The van der Waals surface area contributed by atoms with Gasteiger partial charge in [-0.1, -0.05) is 0 Å². The van der Waals surface area contributed by atoms with Gasteiger partial charge in [-0.25, -0.2) is 9.59 Å². The van der Waals surface area contributed by atoms with E-state index in [0.29, 0.717) is 5.75 Å². The Morgan fingerprint density at radius 3 is 2.48 bits per heavy atom. The smallest absolute Gasteiger partial charge is 0.337 e. The number of anilines is 1. The maximum absolute atomic E-state index is 11.7. The number of carboxylic acid groups (broad SMARTS) is 1. The number of hydrogen-bond donors (Lipinski definition) is 3. The Morgan fingerprint density at radius 2 is 1.95 bits per heavy atom. The number of ether oxygens (including phenoxy) is 1. The molecule has 0 radical (unpaired) electrons. The fraction of sp³-hybridized carbons (Fsp3) is 0.308. The monoisotopic (exact) mass is 295 g/mol. The highest BCUT2D eigenvalue weighted by atomic mass is 16.5. The zero-order chi connectivity index (χ0) is 16.0. The molecule has 8 heteroatoms. The van der Waals surface area contributed by atoms with Crippen LogP contribution < -0.4 is 15.4 Å². The standard InChI is InChI=1S/C13H17N3O5/c1-16(2)11(17)7-14-13(20)15-10-5-4-8(21-3)6-9(10)12(18)19/h4-6H,7H2,1-3H3,(H,18,19)(H2,14,15,20). The highest BCUT2D eigenvalue weighted by Crippen LogP contribution is 2.22. The van der Waals surface area contributed by atoms with Crippen LogP contribution in [0, 0.1) is 0 Å². The summed E-state index contributed by atoms with van der Waals surface area (Å²) in [7, 11) is 4.54. The summed E-state index contributed by atoms with van der Waals surface area (Å²) in [6.45, 7) is -0.183. The Kier molecular flexibility index (Phi) is 5.53. The summed E-state index contributed by atoms with van der Waals surface area (Å²) in [5, 5.41) is 13.8. The van der Waals surface area contributed by atoms with E-state index in [0.717, 1.165) is 0 Å². The molecule has 0 aromatic heterocycles. The minimum atomic E-state index is -1.20. The van der Waals surface area contributed by atoms with E-state index < -0.39 is 12.0 Å². The highest BCUT2D eigenvalue weighted by Gasteiger charge is 2.14. The van der Waals surface area contributed by atoms with Crippen LogP contribution in [0.15, 0.2) is 18.2 Å². The molecular weight excluding hydrogens is 278 g/mol. The number of aromatic carboxylic acids is 1. The Bertz CT molecular complexity index is 557. The minimum Gasteiger partial charge on any atom is -0.497 e. The maximum atomic E-state index is 11.7. The Morgan fingerprint density at radius 1 is 1.29 bits per heavy atom.